The lowest BCUT2D eigenvalue weighted by Crippen LogP contribution is -2.09. The quantitative estimate of drug-likeness (QED) is 0.903. The fourth-order valence-electron chi connectivity index (χ4n) is 2.25. The highest BCUT2D eigenvalue weighted by atomic mass is 19.1. The maximum atomic E-state index is 13.6. The largest absolute Gasteiger partial charge is 0.478 e. The van der Waals surface area contributed by atoms with E-state index in [1.807, 2.05) is 0 Å². The predicted octanol–water partition coefficient (Wildman–Crippen LogP) is 3.22. The zero-order valence-corrected chi connectivity index (χ0v) is 11.2. The molecular formula is C16H15FO3. The Morgan fingerprint density at radius 3 is 2.25 bits per heavy atom. The molecule has 0 aliphatic heterocycles. The van der Waals surface area contributed by atoms with E-state index in [4.69, 9.17) is 5.11 Å². The summed E-state index contributed by atoms with van der Waals surface area (Å²) in [5.74, 6) is -1.41. The number of aromatic carboxylic acids is 1. The summed E-state index contributed by atoms with van der Waals surface area (Å²) in [4.78, 5) is 11.2. The lowest BCUT2D eigenvalue weighted by Gasteiger charge is -2.16. The Hall–Kier alpha value is -2.20. The van der Waals surface area contributed by atoms with E-state index in [1.54, 1.807) is 32.0 Å². The van der Waals surface area contributed by atoms with Gasteiger partial charge >= 0.3 is 5.97 Å². The van der Waals surface area contributed by atoms with Crippen molar-refractivity contribution in [3.05, 3.63) is 70.0 Å². The van der Waals surface area contributed by atoms with Crippen molar-refractivity contribution in [2.45, 2.75) is 20.0 Å². The summed E-state index contributed by atoms with van der Waals surface area (Å²) in [5.41, 5.74) is 1.67. The molecule has 3 nitrogen and oxygen atoms in total. The van der Waals surface area contributed by atoms with Crippen LogP contribution in [0, 0.1) is 19.7 Å². The van der Waals surface area contributed by atoms with Crippen LogP contribution >= 0.6 is 0 Å². The molecule has 2 aromatic rings. The van der Waals surface area contributed by atoms with Gasteiger partial charge in [0.15, 0.2) is 0 Å². The van der Waals surface area contributed by atoms with E-state index in [2.05, 4.69) is 0 Å². The minimum absolute atomic E-state index is 0.0413. The summed E-state index contributed by atoms with van der Waals surface area (Å²) in [6.45, 7) is 3.23. The molecule has 1 unspecified atom stereocenters. The van der Waals surface area contributed by atoms with Gasteiger partial charge in [-0.2, -0.15) is 0 Å². The molecule has 0 saturated heterocycles. The maximum absolute atomic E-state index is 13.6. The summed E-state index contributed by atoms with van der Waals surface area (Å²) in [7, 11) is 0. The second-order valence-corrected chi connectivity index (χ2v) is 4.76. The standard InChI is InChI=1S/C16H15FO3/c1-9-7-11(8-10(2)14(9)17)15(18)12-5-3-4-6-13(12)16(19)20/h3-8,15,18H,1-2H3,(H,19,20). The summed E-state index contributed by atoms with van der Waals surface area (Å²) in [6, 6.07) is 9.32. The van der Waals surface area contributed by atoms with Gasteiger partial charge in [0.1, 0.15) is 11.9 Å². The van der Waals surface area contributed by atoms with Crippen molar-refractivity contribution in [3.8, 4) is 0 Å². The summed E-state index contributed by atoms with van der Waals surface area (Å²) >= 11 is 0. The van der Waals surface area contributed by atoms with Gasteiger partial charge in [-0.15, -0.1) is 0 Å². The van der Waals surface area contributed by atoms with Crippen molar-refractivity contribution >= 4 is 5.97 Å². The molecule has 0 heterocycles. The molecule has 0 aliphatic rings. The molecule has 104 valence electrons. The van der Waals surface area contributed by atoms with Crippen LogP contribution in [0.1, 0.15) is 38.7 Å². The third kappa shape index (κ3) is 2.56. The topological polar surface area (TPSA) is 57.5 Å². The number of carboxylic acid groups (broad SMARTS) is 1. The Balaban J connectivity index is 2.52. The first-order chi connectivity index (χ1) is 9.41. The van der Waals surface area contributed by atoms with Gasteiger partial charge in [0.25, 0.3) is 0 Å². The average Bonchev–Trinajstić information content (AvgIpc) is 2.43. The van der Waals surface area contributed by atoms with Gasteiger partial charge in [-0.05, 0) is 42.2 Å². The van der Waals surface area contributed by atoms with Crippen LogP contribution in [0.15, 0.2) is 36.4 Å². The molecule has 20 heavy (non-hydrogen) atoms. The Labute approximate surface area is 116 Å². The molecule has 0 aliphatic carbocycles. The summed E-state index contributed by atoms with van der Waals surface area (Å²) in [6.07, 6.45) is -1.10. The highest BCUT2D eigenvalue weighted by Gasteiger charge is 2.19. The Morgan fingerprint density at radius 2 is 1.70 bits per heavy atom. The number of aliphatic hydroxyl groups excluding tert-OH is 1. The molecule has 1 atom stereocenters. The molecule has 0 radical (unpaired) electrons. The second kappa shape index (κ2) is 5.43. The molecule has 0 fully saturated rings. The third-order valence-electron chi connectivity index (χ3n) is 3.26. The van der Waals surface area contributed by atoms with Crippen LogP contribution in [0.2, 0.25) is 0 Å². The lowest BCUT2D eigenvalue weighted by molar-refractivity contribution is 0.0691. The summed E-state index contributed by atoms with van der Waals surface area (Å²) < 4.78 is 13.6. The van der Waals surface area contributed by atoms with Crippen LogP contribution in [0.3, 0.4) is 0 Å². The molecular weight excluding hydrogens is 259 g/mol. The number of aliphatic hydroxyl groups is 1. The van der Waals surface area contributed by atoms with Crippen molar-refractivity contribution < 1.29 is 19.4 Å². The van der Waals surface area contributed by atoms with Crippen molar-refractivity contribution in [2.75, 3.05) is 0 Å². The number of carboxylic acids is 1. The van der Waals surface area contributed by atoms with Crippen molar-refractivity contribution in [1.29, 1.82) is 0 Å². The first kappa shape index (κ1) is 14.2. The molecule has 0 spiro atoms. The van der Waals surface area contributed by atoms with E-state index in [0.29, 0.717) is 22.3 Å². The number of halogens is 1. The van der Waals surface area contributed by atoms with Gasteiger partial charge in [0.05, 0.1) is 5.56 Å². The van der Waals surface area contributed by atoms with E-state index in [-0.39, 0.29) is 11.4 Å². The molecule has 0 aromatic heterocycles. The van der Waals surface area contributed by atoms with Crippen molar-refractivity contribution in [2.24, 2.45) is 0 Å². The lowest BCUT2D eigenvalue weighted by atomic mass is 9.94. The van der Waals surface area contributed by atoms with Crippen LogP contribution < -0.4 is 0 Å². The molecule has 2 rings (SSSR count). The van der Waals surface area contributed by atoms with Crippen LogP contribution in [-0.2, 0) is 0 Å². The van der Waals surface area contributed by atoms with Gasteiger partial charge in [-0.25, -0.2) is 9.18 Å². The highest BCUT2D eigenvalue weighted by Crippen LogP contribution is 2.27. The second-order valence-electron chi connectivity index (χ2n) is 4.76. The minimum Gasteiger partial charge on any atom is -0.478 e. The fourth-order valence-corrected chi connectivity index (χ4v) is 2.25. The zero-order chi connectivity index (χ0) is 14.9. The number of aryl methyl sites for hydroxylation is 2. The van der Waals surface area contributed by atoms with E-state index < -0.39 is 12.1 Å². The van der Waals surface area contributed by atoms with Crippen LogP contribution in [0.25, 0.3) is 0 Å². The first-order valence-corrected chi connectivity index (χ1v) is 6.18. The molecule has 0 saturated carbocycles. The number of carbonyl (C=O) groups is 1. The fraction of sp³-hybridized carbons (Fsp3) is 0.188. The van der Waals surface area contributed by atoms with Gasteiger partial charge in [0, 0.05) is 0 Å². The van der Waals surface area contributed by atoms with Crippen molar-refractivity contribution in [3.63, 3.8) is 0 Å². The monoisotopic (exact) mass is 274 g/mol. The average molecular weight is 274 g/mol. The smallest absolute Gasteiger partial charge is 0.336 e. The van der Waals surface area contributed by atoms with Crippen LogP contribution in [0.4, 0.5) is 4.39 Å². The van der Waals surface area contributed by atoms with Gasteiger partial charge < -0.3 is 10.2 Å². The first-order valence-electron chi connectivity index (χ1n) is 6.18. The molecule has 4 heteroatoms. The molecule has 0 bridgehead atoms. The zero-order valence-electron chi connectivity index (χ0n) is 11.2. The Morgan fingerprint density at radius 1 is 1.15 bits per heavy atom. The molecule has 2 aromatic carbocycles. The molecule has 2 N–H and O–H groups in total. The number of hydrogen-bond donors (Lipinski definition) is 2. The Kier molecular flexibility index (Phi) is 3.86. The molecule has 0 amide bonds. The van der Waals surface area contributed by atoms with E-state index in [1.165, 1.54) is 18.2 Å². The van der Waals surface area contributed by atoms with Gasteiger partial charge in [0.2, 0.25) is 0 Å². The van der Waals surface area contributed by atoms with E-state index in [9.17, 15) is 14.3 Å². The van der Waals surface area contributed by atoms with E-state index in [0.717, 1.165) is 0 Å². The number of benzene rings is 2. The van der Waals surface area contributed by atoms with E-state index >= 15 is 0 Å². The SMILES string of the molecule is Cc1cc(C(O)c2ccccc2C(=O)O)cc(C)c1F. The van der Waals surface area contributed by atoms with Gasteiger partial charge in [-0.3, -0.25) is 0 Å². The van der Waals surface area contributed by atoms with Gasteiger partial charge in [-0.1, -0.05) is 30.3 Å². The minimum atomic E-state index is -1.10. The third-order valence-corrected chi connectivity index (χ3v) is 3.26. The normalized spacial score (nSPS) is 12.2. The number of rotatable bonds is 3. The number of hydrogen-bond acceptors (Lipinski definition) is 2. The summed E-state index contributed by atoms with van der Waals surface area (Å²) in [5, 5.41) is 19.5. The Bertz CT molecular complexity index is 642. The highest BCUT2D eigenvalue weighted by molar-refractivity contribution is 5.89. The maximum Gasteiger partial charge on any atom is 0.336 e. The van der Waals surface area contributed by atoms with Crippen molar-refractivity contribution in [1.82, 2.24) is 0 Å². The van der Waals surface area contributed by atoms with Crippen LogP contribution in [0.5, 0.6) is 0 Å². The van der Waals surface area contributed by atoms with Crippen LogP contribution in [-0.4, -0.2) is 16.2 Å². The predicted molar refractivity (Wildman–Crippen MR) is 73.3 cm³/mol.